The van der Waals surface area contributed by atoms with Crippen molar-refractivity contribution in [2.24, 2.45) is 13.0 Å². The highest BCUT2D eigenvalue weighted by Gasteiger charge is 2.18. The molecular formula is C13H20N2O. The molecule has 1 heterocycles. The first-order valence-corrected chi connectivity index (χ1v) is 6.23. The predicted octanol–water partition coefficient (Wildman–Crippen LogP) is 2.50. The van der Waals surface area contributed by atoms with Crippen LogP contribution in [0.25, 0.3) is 0 Å². The Morgan fingerprint density at radius 2 is 2.25 bits per heavy atom. The molecule has 0 N–H and O–H groups in total. The average Bonchev–Trinajstić information content (AvgIpc) is 2.87. The normalized spacial score (nSPS) is 16.8. The first-order chi connectivity index (χ1) is 7.75. The third-order valence-electron chi connectivity index (χ3n) is 3.54. The number of aryl methyl sites for hydroxylation is 2. The zero-order valence-electron chi connectivity index (χ0n) is 9.98. The molecule has 3 heteroatoms. The molecule has 0 saturated heterocycles. The molecule has 0 unspecified atom stereocenters. The van der Waals surface area contributed by atoms with E-state index < -0.39 is 0 Å². The second-order valence-electron chi connectivity index (χ2n) is 4.85. The lowest BCUT2D eigenvalue weighted by Gasteiger charge is -2.07. The summed E-state index contributed by atoms with van der Waals surface area (Å²) < 4.78 is 1.99. The van der Waals surface area contributed by atoms with Gasteiger partial charge < -0.3 is 4.57 Å². The van der Waals surface area contributed by atoms with Crippen LogP contribution < -0.4 is 0 Å². The van der Waals surface area contributed by atoms with E-state index in [1.807, 2.05) is 17.8 Å². The number of hydrogen-bond acceptors (Lipinski definition) is 2. The van der Waals surface area contributed by atoms with Gasteiger partial charge >= 0.3 is 0 Å². The van der Waals surface area contributed by atoms with Gasteiger partial charge in [-0.05, 0) is 5.92 Å². The highest BCUT2D eigenvalue weighted by molar-refractivity contribution is 5.78. The van der Waals surface area contributed by atoms with Gasteiger partial charge in [0, 0.05) is 38.7 Å². The summed E-state index contributed by atoms with van der Waals surface area (Å²) in [5.74, 6) is 2.10. The number of ketones is 1. The van der Waals surface area contributed by atoms with Gasteiger partial charge in [-0.1, -0.05) is 25.7 Å². The van der Waals surface area contributed by atoms with Crippen LogP contribution in [-0.2, 0) is 18.3 Å². The SMILES string of the molecule is Cn1ccnc1CCC(=O)CC1CCCC1. The molecule has 2 rings (SSSR count). The lowest BCUT2D eigenvalue weighted by molar-refractivity contribution is -0.119. The monoisotopic (exact) mass is 220 g/mol. The van der Waals surface area contributed by atoms with Gasteiger partial charge in [-0.2, -0.15) is 0 Å². The number of hydrogen-bond donors (Lipinski definition) is 0. The number of Topliss-reactive ketones (excluding diaryl/α,β-unsaturated/α-hetero) is 1. The highest BCUT2D eigenvalue weighted by Crippen LogP contribution is 2.28. The summed E-state index contributed by atoms with van der Waals surface area (Å²) in [5, 5.41) is 0. The Balaban J connectivity index is 1.73. The van der Waals surface area contributed by atoms with Crippen LogP contribution >= 0.6 is 0 Å². The van der Waals surface area contributed by atoms with E-state index in [1.54, 1.807) is 6.20 Å². The van der Waals surface area contributed by atoms with Gasteiger partial charge in [-0.15, -0.1) is 0 Å². The fourth-order valence-electron chi connectivity index (χ4n) is 2.53. The van der Waals surface area contributed by atoms with Gasteiger partial charge in [0.2, 0.25) is 0 Å². The molecule has 1 aromatic rings. The number of nitrogens with zero attached hydrogens (tertiary/aromatic N) is 2. The zero-order valence-corrected chi connectivity index (χ0v) is 9.98. The molecule has 1 fully saturated rings. The van der Waals surface area contributed by atoms with Crippen molar-refractivity contribution >= 4 is 5.78 Å². The summed E-state index contributed by atoms with van der Waals surface area (Å²) in [7, 11) is 1.98. The molecule has 1 aliphatic carbocycles. The number of aromatic nitrogens is 2. The quantitative estimate of drug-likeness (QED) is 0.764. The van der Waals surface area contributed by atoms with E-state index in [-0.39, 0.29) is 0 Å². The van der Waals surface area contributed by atoms with E-state index in [0.717, 1.165) is 18.7 Å². The van der Waals surface area contributed by atoms with Gasteiger partial charge in [0.25, 0.3) is 0 Å². The summed E-state index contributed by atoms with van der Waals surface area (Å²) in [6.45, 7) is 0. The molecule has 0 aromatic carbocycles. The van der Waals surface area contributed by atoms with Crippen molar-refractivity contribution in [2.75, 3.05) is 0 Å². The smallest absolute Gasteiger partial charge is 0.133 e. The van der Waals surface area contributed by atoms with Crippen molar-refractivity contribution in [3.63, 3.8) is 0 Å². The lowest BCUT2D eigenvalue weighted by atomic mass is 9.99. The van der Waals surface area contributed by atoms with Gasteiger partial charge in [-0.25, -0.2) is 4.98 Å². The number of carbonyl (C=O) groups excluding carboxylic acids is 1. The summed E-state index contributed by atoms with van der Waals surface area (Å²) in [4.78, 5) is 16.0. The van der Waals surface area contributed by atoms with Crippen molar-refractivity contribution in [1.82, 2.24) is 9.55 Å². The third-order valence-corrected chi connectivity index (χ3v) is 3.54. The Morgan fingerprint density at radius 3 is 2.88 bits per heavy atom. The minimum atomic E-state index is 0.412. The van der Waals surface area contributed by atoms with E-state index in [2.05, 4.69) is 4.98 Å². The van der Waals surface area contributed by atoms with Crippen LogP contribution in [0, 0.1) is 5.92 Å². The van der Waals surface area contributed by atoms with Crippen molar-refractivity contribution in [2.45, 2.75) is 44.9 Å². The molecule has 1 aromatic heterocycles. The molecule has 0 amide bonds. The largest absolute Gasteiger partial charge is 0.338 e. The van der Waals surface area contributed by atoms with Crippen molar-refractivity contribution in [1.29, 1.82) is 0 Å². The highest BCUT2D eigenvalue weighted by atomic mass is 16.1. The van der Waals surface area contributed by atoms with E-state index in [9.17, 15) is 4.79 Å². The van der Waals surface area contributed by atoms with E-state index in [0.29, 0.717) is 18.1 Å². The van der Waals surface area contributed by atoms with Crippen molar-refractivity contribution in [3.8, 4) is 0 Å². The first kappa shape index (κ1) is 11.4. The van der Waals surface area contributed by atoms with Crippen LogP contribution in [0.4, 0.5) is 0 Å². The summed E-state index contributed by atoms with van der Waals surface area (Å²) in [6.07, 6.45) is 11.1. The van der Waals surface area contributed by atoms with E-state index in [1.165, 1.54) is 25.7 Å². The van der Waals surface area contributed by atoms with Crippen LogP contribution in [0.1, 0.15) is 44.3 Å². The van der Waals surface area contributed by atoms with Crippen molar-refractivity contribution < 1.29 is 4.79 Å². The van der Waals surface area contributed by atoms with Crippen LogP contribution in [-0.4, -0.2) is 15.3 Å². The molecule has 1 aliphatic rings. The van der Waals surface area contributed by atoms with Crippen LogP contribution in [0.3, 0.4) is 0 Å². The minimum absolute atomic E-state index is 0.412. The molecule has 1 saturated carbocycles. The van der Waals surface area contributed by atoms with Gasteiger partial charge in [-0.3, -0.25) is 4.79 Å². The molecule has 0 spiro atoms. The van der Waals surface area contributed by atoms with E-state index >= 15 is 0 Å². The van der Waals surface area contributed by atoms with E-state index in [4.69, 9.17) is 0 Å². The average molecular weight is 220 g/mol. The second-order valence-corrected chi connectivity index (χ2v) is 4.85. The summed E-state index contributed by atoms with van der Waals surface area (Å²) in [5.41, 5.74) is 0. The number of carbonyl (C=O) groups is 1. The molecule has 88 valence electrons. The fourth-order valence-corrected chi connectivity index (χ4v) is 2.53. The zero-order chi connectivity index (χ0) is 11.4. The Kier molecular flexibility index (Phi) is 3.75. The minimum Gasteiger partial charge on any atom is -0.338 e. The Morgan fingerprint density at radius 1 is 1.50 bits per heavy atom. The Hall–Kier alpha value is -1.12. The molecule has 0 radical (unpaired) electrons. The molecule has 0 aliphatic heterocycles. The Bertz CT molecular complexity index is 351. The first-order valence-electron chi connectivity index (χ1n) is 6.23. The van der Waals surface area contributed by atoms with Crippen LogP contribution in [0.15, 0.2) is 12.4 Å². The maximum atomic E-state index is 11.8. The molecule has 16 heavy (non-hydrogen) atoms. The summed E-state index contributed by atoms with van der Waals surface area (Å²) in [6, 6.07) is 0. The third kappa shape index (κ3) is 2.94. The maximum absolute atomic E-state index is 11.8. The number of imidazole rings is 1. The van der Waals surface area contributed by atoms with Crippen molar-refractivity contribution in [3.05, 3.63) is 18.2 Å². The topological polar surface area (TPSA) is 34.9 Å². The molecular weight excluding hydrogens is 200 g/mol. The number of rotatable bonds is 5. The molecule has 3 nitrogen and oxygen atoms in total. The standard InChI is InChI=1S/C13H20N2O/c1-15-9-8-14-13(15)7-6-12(16)10-11-4-2-3-5-11/h8-9,11H,2-7,10H2,1H3. The second kappa shape index (κ2) is 5.28. The Labute approximate surface area is 96.9 Å². The molecule has 0 atom stereocenters. The van der Waals surface area contributed by atoms with Gasteiger partial charge in [0.15, 0.2) is 0 Å². The maximum Gasteiger partial charge on any atom is 0.133 e. The fraction of sp³-hybridized carbons (Fsp3) is 0.692. The van der Waals surface area contributed by atoms with Gasteiger partial charge in [0.05, 0.1) is 0 Å². The lowest BCUT2D eigenvalue weighted by Crippen LogP contribution is -2.08. The van der Waals surface area contributed by atoms with Crippen LogP contribution in [0.2, 0.25) is 0 Å². The summed E-state index contributed by atoms with van der Waals surface area (Å²) >= 11 is 0. The molecule has 0 bridgehead atoms. The van der Waals surface area contributed by atoms with Crippen LogP contribution in [0.5, 0.6) is 0 Å². The predicted molar refractivity (Wildman–Crippen MR) is 63.1 cm³/mol. The van der Waals surface area contributed by atoms with Gasteiger partial charge in [0.1, 0.15) is 11.6 Å².